The molecule has 40 heavy (non-hydrogen) atoms. The first kappa shape index (κ1) is 28.0. The van der Waals surface area contributed by atoms with Crippen LogP contribution in [0.5, 0.6) is 5.75 Å². The van der Waals surface area contributed by atoms with E-state index in [2.05, 4.69) is 10.6 Å². The van der Waals surface area contributed by atoms with E-state index in [0.717, 1.165) is 42.6 Å². The third kappa shape index (κ3) is 6.60. The molecule has 214 valence electrons. The van der Waals surface area contributed by atoms with Gasteiger partial charge in [-0.3, -0.25) is 0 Å². The Labute approximate surface area is 236 Å². The summed E-state index contributed by atoms with van der Waals surface area (Å²) in [4.78, 5) is 37.1. The first-order valence-electron chi connectivity index (χ1n) is 14.6. The highest BCUT2D eigenvalue weighted by atomic mass is 16.5. The van der Waals surface area contributed by atoms with Crippen LogP contribution in [-0.4, -0.2) is 43.3 Å². The summed E-state index contributed by atoms with van der Waals surface area (Å²) in [5, 5.41) is 6.42. The summed E-state index contributed by atoms with van der Waals surface area (Å²) in [5.41, 5.74) is 1.74. The highest BCUT2D eigenvalue weighted by Gasteiger charge is 2.51. The van der Waals surface area contributed by atoms with Crippen LogP contribution in [0.1, 0.15) is 91.2 Å². The van der Waals surface area contributed by atoms with E-state index in [-0.39, 0.29) is 29.6 Å². The second kappa shape index (κ2) is 12.3. The van der Waals surface area contributed by atoms with Gasteiger partial charge in [0.1, 0.15) is 11.9 Å². The SMILES string of the molecule is CCOC(=O)c1ccc(OC(CCNC(=O)NC23CC4CC(CC(C4)C2)C3)c2ccc(C(=O)OCC)cc2)cc1. The van der Waals surface area contributed by atoms with Gasteiger partial charge in [0.05, 0.1) is 24.3 Å². The molecule has 8 heteroatoms. The van der Waals surface area contributed by atoms with Crippen molar-refractivity contribution in [3.05, 3.63) is 65.2 Å². The summed E-state index contributed by atoms with van der Waals surface area (Å²) >= 11 is 0. The number of hydrogen-bond acceptors (Lipinski definition) is 6. The number of benzene rings is 2. The molecular formula is C32H40N2O6. The van der Waals surface area contributed by atoms with E-state index in [1.54, 1.807) is 50.2 Å². The van der Waals surface area contributed by atoms with Gasteiger partial charge in [0.2, 0.25) is 0 Å². The second-order valence-corrected chi connectivity index (χ2v) is 11.6. The van der Waals surface area contributed by atoms with Crippen LogP contribution < -0.4 is 15.4 Å². The summed E-state index contributed by atoms with van der Waals surface area (Å²) in [6.45, 7) is 4.58. The van der Waals surface area contributed by atoms with Crippen molar-refractivity contribution in [3.8, 4) is 5.75 Å². The molecule has 8 nitrogen and oxygen atoms in total. The highest BCUT2D eigenvalue weighted by Crippen LogP contribution is 2.55. The normalized spacial score (nSPS) is 25.1. The molecule has 1 unspecified atom stereocenters. The number of hydrogen-bond donors (Lipinski definition) is 2. The predicted octanol–water partition coefficient (Wildman–Crippen LogP) is 5.82. The van der Waals surface area contributed by atoms with Gasteiger partial charge in [-0.25, -0.2) is 14.4 Å². The molecule has 6 rings (SSSR count). The molecule has 0 heterocycles. The smallest absolute Gasteiger partial charge is 0.338 e. The molecule has 4 saturated carbocycles. The zero-order valence-electron chi connectivity index (χ0n) is 23.4. The zero-order valence-corrected chi connectivity index (χ0v) is 23.4. The molecular weight excluding hydrogens is 508 g/mol. The van der Waals surface area contributed by atoms with Crippen molar-refractivity contribution < 1.29 is 28.6 Å². The number of ether oxygens (including phenoxy) is 3. The molecule has 0 aliphatic heterocycles. The Morgan fingerprint density at radius 1 is 0.800 bits per heavy atom. The van der Waals surface area contributed by atoms with Crippen molar-refractivity contribution in [1.82, 2.24) is 10.6 Å². The second-order valence-electron chi connectivity index (χ2n) is 11.6. The molecule has 0 radical (unpaired) electrons. The van der Waals surface area contributed by atoms with E-state index >= 15 is 0 Å². The Morgan fingerprint density at radius 2 is 1.30 bits per heavy atom. The van der Waals surface area contributed by atoms with Crippen molar-refractivity contribution in [2.75, 3.05) is 19.8 Å². The van der Waals surface area contributed by atoms with Gasteiger partial charge in [0.15, 0.2) is 0 Å². The van der Waals surface area contributed by atoms with Crippen molar-refractivity contribution in [2.45, 2.75) is 70.4 Å². The molecule has 2 amide bonds. The van der Waals surface area contributed by atoms with Crippen molar-refractivity contribution in [3.63, 3.8) is 0 Å². The molecule has 1 atom stereocenters. The van der Waals surface area contributed by atoms with E-state index in [9.17, 15) is 14.4 Å². The Bertz CT molecular complexity index is 1160. The predicted molar refractivity (Wildman–Crippen MR) is 150 cm³/mol. The number of carbonyl (C=O) groups excluding carboxylic acids is 3. The minimum atomic E-state index is -0.385. The minimum absolute atomic E-state index is 0.0433. The number of urea groups is 1. The average Bonchev–Trinajstić information content (AvgIpc) is 2.92. The van der Waals surface area contributed by atoms with E-state index < -0.39 is 0 Å². The first-order chi connectivity index (χ1) is 19.4. The van der Waals surface area contributed by atoms with Crippen LogP contribution in [-0.2, 0) is 9.47 Å². The Kier molecular flexibility index (Phi) is 8.62. The molecule has 2 aromatic rings. The number of rotatable bonds is 11. The first-order valence-corrected chi connectivity index (χ1v) is 14.6. The molecule has 4 bridgehead atoms. The quantitative estimate of drug-likeness (QED) is 0.343. The van der Waals surface area contributed by atoms with Gasteiger partial charge in [0.25, 0.3) is 0 Å². The topological polar surface area (TPSA) is 103 Å². The number of amides is 2. The maximum absolute atomic E-state index is 13.0. The van der Waals surface area contributed by atoms with Gasteiger partial charge in [0, 0.05) is 18.5 Å². The van der Waals surface area contributed by atoms with Crippen LogP contribution in [0, 0.1) is 17.8 Å². The van der Waals surface area contributed by atoms with Gasteiger partial charge in [-0.15, -0.1) is 0 Å². The lowest BCUT2D eigenvalue weighted by Gasteiger charge is -2.56. The summed E-state index contributed by atoms with van der Waals surface area (Å²) in [7, 11) is 0. The molecule has 0 saturated heterocycles. The fourth-order valence-electron chi connectivity index (χ4n) is 7.26. The lowest BCUT2D eigenvalue weighted by molar-refractivity contribution is -0.0135. The van der Waals surface area contributed by atoms with Crippen molar-refractivity contribution in [1.29, 1.82) is 0 Å². The largest absolute Gasteiger partial charge is 0.486 e. The summed E-state index contributed by atoms with van der Waals surface area (Å²) < 4.78 is 16.5. The molecule has 4 aliphatic carbocycles. The lowest BCUT2D eigenvalue weighted by Crippen LogP contribution is -2.61. The number of esters is 2. The molecule has 4 aliphatic rings. The van der Waals surface area contributed by atoms with Gasteiger partial charge in [-0.05, 0) is 112 Å². The van der Waals surface area contributed by atoms with Crippen LogP contribution in [0.4, 0.5) is 4.79 Å². The summed E-state index contributed by atoms with van der Waals surface area (Å²) in [6, 6.07) is 13.8. The van der Waals surface area contributed by atoms with Gasteiger partial charge in [-0.1, -0.05) is 12.1 Å². The van der Waals surface area contributed by atoms with Crippen LogP contribution in [0.25, 0.3) is 0 Å². The minimum Gasteiger partial charge on any atom is -0.486 e. The standard InChI is InChI=1S/C32H40N2O6/c1-3-38-29(35)25-7-5-24(6-8-25)28(40-27-11-9-26(10-12-27)30(36)39-4-2)13-14-33-31(37)34-32-18-21-15-22(19-32)17-23(16-21)20-32/h5-12,21-23,28H,3-4,13-20H2,1-2H3,(H2,33,34,37). The fraction of sp³-hybridized carbons (Fsp3) is 0.531. The lowest BCUT2D eigenvalue weighted by atomic mass is 9.53. The summed E-state index contributed by atoms with van der Waals surface area (Å²) in [6.07, 6.45) is 7.44. The van der Waals surface area contributed by atoms with E-state index in [1.165, 1.54) is 19.3 Å². The Balaban J connectivity index is 1.22. The van der Waals surface area contributed by atoms with E-state index in [0.29, 0.717) is 43.1 Å². The Morgan fingerprint density at radius 3 is 1.80 bits per heavy atom. The van der Waals surface area contributed by atoms with Crippen molar-refractivity contribution >= 4 is 18.0 Å². The van der Waals surface area contributed by atoms with Gasteiger partial charge in [-0.2, -0.15) is 0 Å². The molecule has 2 N–H and O–H groups in total. The Hall–Kier alpha value is -3.55. The van der Waals surface area contributed by atoms with E-state index in [4.69, 9.17) is 14.2 Å². The molecule has 0 spiro atoms. The highest BCUT2D eigenvalue weighted by molar-refractivity contribution is 5.90. The third-order valence-electron chi connectivity index (χ3n) is 8.55. The monoisotopic (exact) mass is 548 g/mol. The maximum Gasteiger partial charge on any atom is 0.338 e. The fourth-order valence-corrected chi connectivity index (χ4v) is 7.26. The van der Waals surface area contributed by atoms with E-state index in [1.807, 2.05) is 12.1 Å². The number of carbonyl (C=O) groups is 3. The average molecular weight is 549 g/mol. The van der Waals surface area contributed by atoms with Crippen molar-refractivity contribution in [2.24, 2.45) is 17.8 Å². The molecule has 4 fully saturated rings. The van der Waals surface area contributed by atoms with Crippen LogP contribution in [0.2, 0.25) is 0 Å². The van der Waals surface area contributed by atoms with Gasteiger partial charge >= 0.3 is 18.0 Å². The molecule has 2 aromatic carbocycles. The van der Waals surface area contributed by atoms with Gasteiger partial charge < -0.3 is 24.8 Å². The maximum atomic E-state index is 13.0. The van der Waals surface area contributed by atoms with Crippen LogP contribution in [0.15, 0.2) is 48.5 Å². The summed E-state index contributed by atoms with van der Waals surface area (Å²) in [5.74, 6) is 2.12. The van der Waals surface area contributed by atoms with Crippen LogP contribution >= 0.6 is 0 Å². The third-order valence-corrected chi connectivity index (χ3v) is 8.55. The van der Waals surface area contributed by atoms with Crippen LogP contribution in [0.3, 0.4) is 0 Å². The molecule has 0 aromatic heterocycles. The number of nitrogens with one attached hydrogen (secondary N) is 2. The zero-order chi connectivity index (χ0) is 28.1.